The predicted octanol–water partition coefficient (Wildman–Crippen LogP) is 2.30. The average Bonchev–Trinajstić information content (AvgIpc) is 2.77. The van der Waals surface area contributed by atoms with Gasteiger partial charge in [-0.25, -0.2) is 8.42 Å². The minimum atomic E-state index is -3.69. The van der Waals surface area contributed by atoms with Crippen LogP contribution in [0.5, 0.6) is 0 Å². The Morgan fingerprint density at radius 1 is 1.03 bits per heavy atom. The van der Waals surface area contributed by atoms with Crippen molar-refractivity contribution in [3.05, 3.63) is 28.8 Å². The number of carbonyl (C=O) groups is 1. The molecular weight excluding hydrogens is 424 g/mol. The lowest BCUT2D eigenvalue weighted by atomic mass is 10.0. The summed E-state index contributed by atoms with van der Waals surface area (Å²) in [6, 6.07) is 4.20. The zero-order chi connectivity index (χ0) is 23.3. The lowest BCUT2D eigenvalue weighted by molar-refractivity contribution is -0.131. The maximum absolute atomic E-state index is 13.7. The molecule has 180 valence electrons. The SMILES string of the molecule is Cc1cc(C)c(S(=O)(=O)N(CCC(=O)N2CCNCC2)CCN2CCCC[C@@H]2C)cc1C. The quantitative estimate of drug-likeness (QED) is 0.639. The molecule has 1 N–H and O–H groups in total. The third-order valence-corrected chi connectivity index (χ3v) is 9.07. The molecule has 0 radical (unpaired) electrons. The summed E-state index contributed by atoms with van der Waals surface area (Å²) in [5.41, 5.74) is 2.82. The fourth-order valence-electron chi connectivity index (χ4n) is 4.73. The molecule has 7 nitrogen and oxygen atoms in total. The summed E-state index contributed by atoms with van der Waals surface area (Å²) in [6.45, 7) is 13.3. The third kappa shape index (κ3) is 6.10. The van der Waals surface area contributed by atoms with E-state index in [1.165, 1.54) is 6.42 Å². The molecule has 0 aliphatic carbocycles. The molecule has 0 saturated carbocycles. The molecule has 2 saturated heterocycles. The Labute approximate surface area is 194 Å². The van der Waals surface area contributed by atoms with Gasteiger partial charge in [-0.15, -0.1) is 0 Å². The second kappa shape index (κ2) is 11.1. The van der Waals surface area contributed by atoms with Crippen molar-refractivity contribution in [3.8, 4) is 0 Å². The van der Waals surface area contributed by atoms with Gasteiger partial charge in [0.2, 0.25) is 15.9 Å². The first-order chi connectivity index (χ1) is 15.2. The van der Waals surface area contributed by atoms with E-state index >= 15 is 0 Å². The summed E-state index contributed by atoms with van der Waals surface area (Å²) < 4.78 is 29.0. The number of nitrogens with one attached hydrogen (secondary N) is 1. The smallest absolute Gasteiger partial charge is 0.243 e. The number of amides is 1. The van der Waals surface area contributed by atoms with E-state index in [9.17, 15) is 13.2 Å². The van der Waals surface area contributed by atoms with Crippen LogP contribution in [0.25, 0.3) is 0 Å². The van der Waals surface area contributed by atoms with Crippen LogP contribution in [0.2, 0.25) is 0 Å². The van der Waals surface area contributed by atoms with Crippen LogP contribution in [0.4, 0.5) is 0 Å². The summed E-state index contributed by atoms with van der Waals surface area (Å²) in [5.74, 6) is 0.0369. The summed E-state index contributed by atoms with van der Waals surface area (Å²) >= 11 is 0. The van der Waals surface area contributed by atoms with Crippen molar-refractivity contribution in [3.63, 3.8) is 0 Å². The van der Waals surface area contributed by atoms with Crippen molar-refractivity contribution in [2.24, 2.45) is 0 Å². The monoisotopic (exact) mass is 464 g/mol. The molecule has 0 unspecified atom stereocenters. The molecule has 32 heavy (non-hydrogen) atoms. The molecule has 1 aromatic carbocycles. The van der Waals surface area contributed by atoms with Crippen molar-refractivity contribution in [2.45, 2.75) is 64.3 Å². The minimum absolute atomic E-state index is 0.0369. The fraction of sp³-hybridized carbons (Fsp3) is 0.708. The lowest BCUT2D eigenvalue weighted by Gasteiger charge is -2.35. The number of benzene rings is 1. The highest BCUT2D eigenvalue weighted by Gasteiger charge is 2.29. The van der Waals surface area contributed by atoms with E-state index in [2.05, 4.69) is 17.1 Å². The summed E-state index contributed by atoms with van der Waals surface area (Å²) in [5, 5.41) is 3.25. The number of hydrogen-bond donors (Lipinski definition) is 1. The van der Waals surface area contributed by atoms with E-state index in [0.29, 0.717) is 37.1 Å². The zero-order valence-electron chi connectivity index (χ0n) is 20.2. The first-order valence-electron chi connectivity index (χ1n) is 12.0. The minimum Gasteiger partial charge on any atom is -0.340 e. The van der Waals surface area contributed by atoms with Crippen LogP contribution in [0.1, 0.15) is 49.3 Å². The molecule has 0 spiro atoms. The van der Waals surface area contributed by atoms with Crippen LogP contribution in [0.15, 0.2) is 17.0 Å². The highest BCUT2D eigenvalue weighted by molar-refractivity contribution is 7.89. The van der Waals surface area contributed by atoms with Gasteiger partial charge >= 0.3 is 0 Å². The number of aryl methyl sites for hydroxylation is 3. The number of piperidine rings is 1. The Bertz CT molecular complexity index is 897. The van der Waals surface area contributed by atoms with Crippen LogP contribution in [0, 0.1) is 20.8 Å². The number of nitrogens with zero attached hydrogens (tertiary/aromatic N) is 3. The summed E-state index contributed by atoms with van der Waals surface area (Å²) in [4.78, 5) is 17.3. The molecule has 2 heterocycles. The lowest BCUT2D eigenvalue weighted by Crippen LogP contribution is -2.48. The number of piperazine rings is 1. The summed E-state index contributed by atoms with van der Waals surface area (Å²) in [7, 11) is -3.69. The number of likely N-dealkylation sites (tertiary alicyclic amines) is 1. The number of sulfonamides is 1. The first-order valence-corrected chi connectivity index (χ1v) is 13.4. The Balaban J connectivity index is 1.78. The van der Waals surface area contributed by atoms with Crippen LogP contribution >= 0.6 is 0 Å². The Morgan fingerprint density at radius 2 is 1.72 bits per heavy atom. The van der Waals surface area contributed by atoms with E-state index in [4.69, 9.17) is 0 Å². The average molecular weight is 465 g/mol. The van der Waals surface area contributed by atoms with E-state index in [1.807, 2.05) is 31.7 Å². The van der Waals surface area contributed by atoms with Crippen LogP contribution in [-0.2, 0) is 14.8 Å². The Hall–Kier alpha value is -1.48. The first kappa shape index (κ1) is 25.1. The Kier molecular flexibility index (Phi) is 8.72. The van der Waals surface area contributed by atoms with Gasteiger partial charge in [0.15, 0.2) is 0 Å². The third-order valence-electron chi connectivity index (χ3n) is 7.03. The maximum Gasteiger partial charge on any atom is 0.243 e. The number of rotatable bonds is 8. The molecule has 8 heteroatoms. The molecule has 1 atom stereocenters. The molecule has 1 amide bonds. The van der Waals surface area contributed by atoms with Gasteiger partial charge in [-0.3, -0.25) is 9.69 Å². The van der Waals surface area contributed by atoms with Gasteiger partial charge in [-0.05, 0) is 69.8 Å². The highest BCUT2D eigenvalue weighted by Crippen LogP contribution is 2.24. The molecular formula is C24H40N4O3S. The van der Waals surface area contributed by atoms with Gasteiger partial charge in [0.05, 0.1) is 4.90 Å². The van der Waals surface area contributed by atoms with Crippen molar-refractivity contribution >= 4 is 15.9 Å². The Morgan fingerprint density at radius 3 is 2.41 bits per heavy atom. The van der Waals surface area contributed by atoms with E-state index in [-0.39, 0.29) is 18.9 Å². The van der Waals surface area contributed by atoms with Gasteiger partial charge in [0, 0.05) is 58.3 Å². The van der Waals surface area contributed by atoms with E-state index < -0.39 is 10.0 Å². The van der Waals surface area contributed by atoms with E-state index in [1.54, 1.807) is 10.4 Å². The largest absolute Gasteiger partial charge is 0.340 e. The molecule has 3 rings (SSSR count). The van der Waals surface area contributed by atoms with Gasteiger partial charge in [-0.2, -0.15) is 4.31 Å². The second-order valence-corrected chi connectivity index (χ2v) is 11.3. The number of carbonyl (C=O) groups excluding carboxylic acids is 1. The number of hydrogen-bond acceptors (Lipinski definition) is 5. The maximum atomic E-state index is 13.7. The molecule has 0 aromatic heterocycles. The normalized spacial score (nSPS) is 20.7. The van der Waals surface area contributed by atoms with Crippen molar-refractivity contribution < 1.29 is 13.2 Å². The second-order valence-electron chi connectivity index (χ2n) is 9.37. The standard InChI is InChI=1S/C24H40N4O3S/c1-19-17-21(3)23(18-20(19)2)32(30,31)28(16-15-26-11-6-5-7-22(26)4)12-8-24(29)27-13-9-25-10-14-27/h17-18,22,25H,5-16H2,1-4H3/t22-/m0/s1. The predicted molar refractivity (Wildman–Crippen MR) is 128 cm³/mol. The van der Waals surface area contributed by atoms with Crippen molar-refractivity contribution in [2.75, 3.05) is 52.4 Å². The molecule has 2 aliphatic rings. The van der Waals surface area contributed by atoms with Gasteiger partial charge in [0.25, 0.3) is 0 Å². The van der Waals surface area contributed by atoms with Crippen molar-refractivity contribution in [1.29, 1.82) is 0 Å². The molecule has 1 aromatic rings. The van der Waals surface area contributed by atoms with Crippen LogP contribution in [-0.4, -0.2) is 86.8 Å². The summed E-state index contributed by atoms with van der Waals surface area (Å²) in [6.07, 6.45) is 3.78. The van der Waals surface area contributed by atoms with Crippen molar-refractivity contribution in [1.82, 2.24) is 19.4 Å². The molecule has 2 fully saturated rings. The van der Waals surface area contributed by atoms with Crippen LogP contribution < -0.4 is 5.32 Å². The highest BCUT2D eigenvalue weighted by atomic mass is 32.2. The molecule has 2 aliphatic heterocycles. The zero-order valence-corrected chi connectivity index (χ0v) is 21.0. The van der Waals surface area contributed by atoms with Gasteiger partial charge < -0.3 is 10.2 Å². The van der Waals surface area contributed by atoms with E-state index in [0.717, 1.165) is 49.2 Å². The van der Waals surface area contributed by atoms with Gasteiger partial charge in [0.1, 0.15) is 0 Å². The molecule has 0 bridgehead atoms. The van der Waals surface area contributed by atoms with Gasteiger partial charge in [-0.1, -0.05) is 12.5 Å². The van der Waals surface area contributed by atoms with Crippen LogP contribution in [0.3, 0.4) is 0 Å². The fourth-order valence-corrected chi connectivity index (χ4v) is 6.45. The topological polar surface area (TPSA) is 73.0 Å².